The first-order valence-corrected chi connectivity index (χ1v) is 5.94. The highest BCUT2D eigenvalue weighted by Gasteiger charge is 2.04. The summed E-state index contributed by atoms with van der Waals surface area (Å²) >= 11 is 0. The monoisotopic (exact) mass is 238 g/mol. The van der Waals surface area contributed by atoms with Gasteiger partial charge in [-0.05, 0) is 12.6 Å². The van der Waals surface area contributed by atoms with Crippen LogP contribution >= 0.6 is 0 Å². The Labute approximate surface area is 103 Å². The third kappa shape index (κ3) is 4.63. The van der Waals surface area contributed by atoms with Crippen molar-refractivity contribution in [1.29, 1.82) is 0 Å². The lowest BCUT2D eigenvalue weighted by Crippen LogP contribution is -2.26. The number of ether oxygens (including phenoxy) is 2. The van der Waals surface area contributed by atoms with Crippen molar-refractivity contribution in [1.82, 2.24) is 10.6 Å². The van der Waals surface area contributed by atoms with E-state index in [-0.39, 0.29) is 0 Å². The van der Waals surface area contributed by atoms with Crippen LogP contribution in [0.5, 0.6) is 11.5 Å². The highest BCUT2D eigenvalue weighted by Crippen LogP contribution is 2.24. The van der Waals surface area contributed by atoms with Gasteiger partial charge in [0.25, 0.3) is 0 Å². The summed E-state index contributed by atoms with van der Waals surface area (Å²) in [5.41, 5.74) is 1.14. The van der Waals surface area contributed by atoms with Crippen LogP contribution in [0.4, 0.5) is 0 Å². The lowest BCUT2D eigenvalue weighted by atomic mass is 10.2. The number of methoxy groups -OCH3 is 2. The summed E-state index contributed by atoms with van der Waals surface area (Å²) in [5.74, 6) is 1.68. The number of benzene rings is 1. The van der Waals surface area contributed by atoms with Gasteiger partial charge in [0.1, 0.15) is 11.5 Å². The van der Waals surface area contributed by atoms with Crippen molar-refractivity contribution in [2.45, 2.75) is 13.5 Å². The third-order valence-electron chi connectivity index (χ3n) is 2.54. The van der Waals surface area contributed by atoms with Gasteiger partial charge in [0.05, 0.1) is 14.2 Å². The number of hydrogen-bond acceptors (Lipinski definition) is 4. The minimum Gasteiger partial charge on any atom is -0.497 e. The van der Waals surface area contributed by atoms with Gasteiger partial charge in [-0.15, -0.1) is 0 Å². The van der Waals surface area contributed by atoms with E-state index in [1.54, 1.807) is 14.2 Å². The van der Waals surface area contributed by atoms with Gasteiger partial charge in [-0.25, -0.2) is 0 Å². The summed E-state index contributed by atoms with van der Waals surface area (Å²) in [6.45, 7) is 5.84. The van der Waals surface area contributed by atoms with Gasteiger partial charge in [0.15, 0.2) is 0 Å². The molecular formula is C13H22N2O2. The third-order valence-corrected chi connectivity index (χ3v) is 2.54. The average Bonchev–Trinajstić information content (AvgIpc) is 2.38. The molecule has 0 unspecified atom stereocenters. The SMILES string of the molecule is CCNCCNCc1ccc(OC)cc1OC. The van der Waals surface area contributed by atoms with Crippen molar-refractivity contribution in [3.05, 3.63) is 23.8 Å². The molecule has 17 heavy (non-hydrogen) atoms. The number of hydrogen-bond donors (Lipinski definition) is 2. The molecule has 0 radical (unpaired) electrons. The van der Waals surface area contributed by atoms with Crippen molar-refractivity contribution in [3.63, 3.8) is 0 Å². The van der Waals surface area contributed by atoms with Crippen LogP contribution < -0.4 is 20.1 Å². The molecule has 0 heterocycles. The van der Waals surface area contributed by atoms with E-state index in [2.05, 4.69) is 17.6 Å². The van der Waals surface area contributed by atoms with Crippen LogP contribution in [-0.4, -0.2) is 33.9 Å². The van der Waals surface area contributed by atoms with Gasteiger partial charge in [-0.1, -0.05) is 13.0 Å². The maximum absolute atomic E-state index is 5.33. The van der Waals surface area contributed by atoms with E-state index in [1.807, 2.05) is 18.2 Å². The highest BCUT2D eigenvalue weighted by atomic mass is 16.5. The van der Waals surface area contributed by atoms with Crippen LogP contribution in [0.25, 0.3) is 0 Å². The Hall–Kier alpha value is -1.26. The van der Waals surface area contributed by atoms with Crippen LogP contribution in [0.3, 0.4) is 0 Å². The molecule has 0 fully saturated rings. The van der Waals surface area contributed by atoms with Crippen molar-refractivity contribution in [3.8, 4) is 11.5 Å². The summed E-state index contributed by atoms with van der Waals surface area (Å²) in [5, 5.41) is 6.63. The molecule has 4 nitrogen and oxygen atoms in total. The fourth-order valence-corrected chi connectivity index (χ4v) is 1.57. The first-order valence-electron chi connectivity index (χ1n) is 5.94. The Bertz CT molecular complexity index is 329. The van der Waals surface area contributed by atoms with Gasteiger partial charge in [-0.2, -0.15) is 0 Å². The maximum Gasteiger partial charge on any atom is 0.127 e. The number of rotatable bonds is 8. The summed E-state index contributed by atoms with van der Waals surface area (Å²) in [7, 11) is 3.33. The van der Waals surface area contributed by atoms with Crippen LogP contribution in [0, 0.1) is 0 Å². The summed E-state index contributed by atoms with van der Waals surface area (Å²) in [6, 6.07) is 5.88. The van der Waals surface area contributed by atoms with Crippen LogP contribution in [-0.2, 0) is 6.54 Å². The molecule has 96 valence electrons. The van der Waals surface area contributed by atoms with E-state index < -0.39 is 0 Å². The molecule has 0 aromatic heterocycles. The average molecular weight is 238 g/mol. The minimum atomic E-state index is 0.804. The van der Waals surface area contributed by atoms with Crippen LogP contribution in [0.15, 0.2) is 18.2 Å². The van der Waals surface area contributed by atoms with E-state index in [9.17, 15) is 0 Å². The van der Waals surface area contributed by atoms with E-state index in [0.29, 0.717) is 0 Å². The number of nitrogens with one attached hydrogen (secondary N) is 2. The lowest BCUT2D eigenvalue weighted by Gasteiger charge is -2.11. The topological polar surface area (TPSA) is 42.5 Å². The summed E-state index contributed by atoms with van der Waals surface area (Å²) in [6.07, 6.45) is 0. The maximum atomic E-state index is 5.33. The quantitative estimate of drug-likeness (QED) is 0.672. The molecule has 0 aliphatic rings. The minimum absolute atomic E-state index is 0.804. The molecule has 0 atom stereocenters. The first kappa shape index (κ1) is 13.8. The van der Waals surface area contributed by atoms with E-state index in [4.69, 9.17) is 9.47 Å². The second kappa shape index (κ2) is 7.92. The van der Waals surface area contributed by atoms with Crippen LogP contribution in [0.1, 0.15) is 12.5 Å². The molecule has 1 rings (SSSR count). The van der Waals surface area contributed by atoms with Crippen LogP contribution in [0.2, 0.25) is 0 Å². The van der Waals surface area contributed by atoms with E-state index in [1.165, 1.54) is 0 Å². The van der Waals surface area contributed by atoms with Gasteiger partial charge in [-0.3, -0.25) is 0 Å². The Balaban J connectivity index is 2.46. The largest absolute Gasteiger partial charge is 0.497 e. The predicted molar refractivity (Wildman–Crippen MR) is 69.8 cm³/mol. The predicted octanol–water partition coefficient (Wildman–Crippen LogP) is 1.40. The molecule has 0 amide bonds. The molecule has 0 spiro atoms. The Morgan fingerprint density at radius 1 is 1.06 bits per heavy atom. The van der Waals surface area contributed by atoms with E-state index in [0.717, 1.165) is 43.2 Å². The Kier molecular flexibility index (Phi) is 6.43. The second-order valence-corrected chi connectivity index (χ2v) is 3.71. The standard InChI is InChI=1S/C13H22N2O2/c1-4-14-7-8-15-10-11-5-6-12(16-2)9-13(11)17-3/h5-6,9,14-15H,4,7-8,10H2,1-3H3. The molecule has 1 aromatic carbocycles. The fraction of sp³-hybridized carbons (Fsp3) is 0.538. The van der Waals surface area contributed by atoms with Gasteiger partial charge in [0.2, 0.25) is 0 Å². The lowest BCUT2D eigenvalue weighted by molar-refractivity contribution is 0.390. The van der Waals surface area contributed by atoms with Gasteiger partial charge in [0, 0.05) is 31.3 Å². The Morgan fingerprint density at radius 2 is 1.82 bits per heavy atom. The number of likely N-dealkylation sites (N-methyl/N-ethyl adjacent to an activating group) is 1. The molecule has 0 bridgehead atoms. The van der Waals surface area contributed by atoms with Crippen molar-refractivity contribution < 1.29 is 9.47 Å². The first-order chi connectivity index (χ1) is 8.31. The zero-order valence-electron chi connectivity index (χ0n) is 10.9. The van der Waals surface area contributed by atoms with Crippen molar-refractivity contribution >= 4 is 0 Å². The summed E-state index contributed by atoms with van der Waals surface area (Å²) < 4.78 is 10.5. The smallest absolute Gasteiger partial charge is 0.127 e. The molecule has 1 aromatic rings. The fourth-order valence-electron chi connectivity index (χ4n) is 1.57. The second-order valence-electron chi connectivity index (χ2n) is 3.71. The Morgan fingerprint density at radius 3 is 2.47 bits per heavy atom. The van der Waals surface area contributed by atoms with Crippen molar-refractivity contribution in [2.24, 2.45) is 0 Å². The normalized spacial score (nSPS) is 10.3. The molecule has 2 N–H and O–H groups in total. The van der Waals surface area contributed by atoms with Gasteiger partial charge >= 0.3 is 0 Å². The van der Waals surface area contributed by atoms with Crippen molar-refractivity contribution in [2.75, 3.05) is 33.9 Å². The molecule has 0 aliphatic carbocycles. The highest BCUT2D eigenvalue weighted by molar-refractivity contribution is 5.40. The summed E-state index contributed by atoms with van der Waals surface area (Å²) in [4.78, 5) is 0. The molecule has 4 heteroatoms. The molecule has 0 saturated heterocycles. The zero-order chi connectivity index (χ0) is 12.5. The van der Waals surface area contributed by atoms with Gasteiger partial charge < -0.3 is 20.1 Å². The van der Waals surface area contributed by atoms with E-state index >= 15 is 0 Å². The molecule has 0 aliphatic heterocycles. The zero-order valence-corrected chi connectivity index (χ0v) is 10.9. The molecule has 0 saturated carbocycles. The molecular weight excluding hydrogens is 216 g/mol.